The number of benzene rings is 1. The number of hydrogen-bond donors (Lipinski definition) is 1. The first kappa shape index (κ1) is 16.2. The van der Waals surface area contributed by atoms with Crippen molar-refractivity contribution in [3.05, 3.63) is 58.2 Å². The molecule has 2 heterocycles. The Morgan fingerprint density at radius 1 is 1.29 bits per heavy atom. The number of nitrogens with one attached hydrogen (secondary N) is 1. The van der Waals surface area contributed by atoms with Crippen LogP contribution >= 0.6 is 11.6 Å². The molecular weight excluding hydrogens is 330 g/mol. The molecule has 1 N–H and O–H groups in total. The van der Waals surface area contributed by atoms with E-state index in [1.165, 1.54) is 0 Å². The minimum Gasteiger partial charge on any atom is -0.361 e. The second-order valence-corrected chi connectivity index (χ2v) is 5.86. The van der Waals surface area contributed by atoms with Gasteiger partial charge in [0, 0.05) is 10.6 Å². The third-order valence-corrected chi connectivity index (χ3v) is 3.82. The molecule has 3 rings (SSSR count). The number of aryl methyl sites for hydroxylation is 2. The fraction of sp³-hybridized carbons (Fsp3) is 0.250. The highest BCUT2D eigenvalue weighted by atomic mass is 35.5. The zero-order valence-corrected chi connectivity index (χ0v) is 14.0. The molecule has 124 valence electrons. The molecule has 0 aliphatic rings. The fourth-order valence-electron chi connectivity index (χ4n) is 2.29. The number of anilines is 1. The number of carbonyl (C=O) groups is 1. The van der Waals surface area contributed by atoms with Crippen molar-refractivity contribution in [2.75, 3.05) is 5.32 Å². The third-order valence-electron chi connectivity index (χ3n) is 3.56. The maximum atomic E-state index is 12.1. The number of halogens is 1. The van der Waals surface area contributed by atoms with Gasteiger partial charge in [-0.1, -0.05) is 28.9 Å². The van der Waals surface area contributed by atoms with Crippen LogP contribution in [0.4, 0.5) is 5.95 Å². The van der Waals surface area contributed by atoms with Gasteiger partial charge in [-0.3, -0.25) is 10.1 Å². The molecule has 0 spiro atoms. The highest BCUT2D eigenvalue weighted by Gasteiger charge is 2.14. The molecular formula is C16H16ClN5O2. The number of rotatable bonds is 5. The lowest BCUT2D eigenvalue weighted by Gasteiger charge is -2.02. The number of nitrogens with zero attached hydrogens (tertiary/aromatic N) is 4. The van der Waals surface area contributed by atoms with E-state index in [2.05, 4.69) is 20.6 Å². The minimum absolute atomic E-state index is 0.174. The second-order valence-electron chi connectivity index (χ2n) is 5.42. The summed E-state index contributed by atoms with van der Waals surface area (Å²) in [7, 11) is 0. The van der Waals surface area contributed by atoms with E-state index in [1.54, 1.807) is 24.9 Å². The maximum absolute atomic E-state index is 12.1. The number of amides is 1. The van der Waals surface area contributed by atoms with Crippen LogP contribution in [0.5, 0.6) is 0 Å². The van der Waals surface area contributed by atoms with Crippen LogP contribution in [0.1, 0.15) is 22.6 Å². The Morgan fingerprint density at radius 3 is 2.71 bits per heavy atom. The quantitative estimate of drug-likeness (QED) is 0.768. The topological polar surface area (TPSA) is 85.8 Å². The Labute approximate surface area is 143 Å². The molecule has 0 bridgehead atoms. The van der Waals surface area contributed by atoms with Gasteiger partial charge in [0.15, 0.2) is 0 Å². The monoisotopic (exact) mass is 345 g/mol. The molecule has 0 aliphatic carbocycles. The van der Waals surface area contributed by atoms with E-state index in [1.807, 2.05) is 24.3 Å². The van der Waals surface area contributed by atoms with Crippen LogP contribution in [0.15, 0.2) is 35.1 Å². The SMILES string of the molecule is Cc1noc(C)c1CC(=O)Nc1ncn(Cc2ccc(Cl)cc2)n1. The summed E-state index contributed by atoms with van der Waals surface area (Å²) in [6, 6.07) is 7.47. The van der Waals surface area contributed by atoms with Crippen LogP contribution in [-0.4, -0.2) is 25.8 Å². The summed E-state index contributed by atoms with van der Waals surface area (Å²) in [6.45, 7) is 4.13. The highest BCUT2D eigenvalue weighted by Crippen LogP contribution is 2.14. The molecule has 24 heavy (non-hydrogen) atoms. The lowest BCUT2D eigenvalue weighted by molar-refractivity contribution is -0.115. The van der Waals surface area contributed by atoms with E-state index in [4.69, 9.17) is 16.1 Å². The van der Waals surface area contributed by atoms with Gasteiger partial charge in [0.25, 0.3) is 0 Å². The van der Waals surface area contributed by atoms with E-state index in [-0.39, 0.29) is 18.3 Å². The highest BCUT2D eigenvalue weighted by molar-refractivity contribution is 6.30. The summed E-state index contributed by atoms with van der Waals surface area (Å²) in [5.74, 6) is 0.693. The molecule has 0 saturated carbocycles. The van der Waals surface area contributed by atoms with Crippen molar-refractivity contribution in [1.82, 2.24) is 19.9 Å². The zero-order valence-electron chi connectivity index (χ0n) is 13.3. The van der Waals surface area contributed by atoms with Crippen molar-refractivity contribution in [2.24, 2.45) is 0 Å². The molecule has 1 amide bonds. The fourth-order valence-corrected chi connectivity index (χ4v) is 2.41. The lowest BCUT2D eigenvalue weighted by Crippen LogP contribution is -2.16. The first-order valence-corrected chi connectivity index (χ1v) is 7.74. The molecule has 0 atom stereocenters. The predicted molar refractivity (Wildman–Crippen MR) is 88.9 cm³/mol. The van der Waals surface area contributed by atoms with Crippen molar-refractivity contribution >= 4 is 23.5 Å². The van der Waals surface area contributed by atoms with Crippen LogP contribution in [-0.2, 0) is 17.8 Å². The minimum atomic E-state index is -0.214. The molecule has 0 fully saturated rings. The van der Waals surface area contributed by atoms with E-state index in [0.717, 1.165) is 11.1 Å². The first-order valence-electron chi connectivity index (χ1n) is 7.37. The van der Waals surface area contributed by atoms with Crippen molar-refractivity contribution in [1.29, 1.82) is 0 Å². The maximum Gasteiger partial charge on any atom is 0.248 e. The van der Waals surface area contributed by atoms with Crippen molar-refractivity contribution < 1.29 is 9.32 Å². The normalized spacial score (nSPS) is 10.8. The van der Waals surface area contributed by atoms with Crippen molar-refractivity contribution in [2.45, 2.75) is 26.8 Å². The molecule has 1 aromatic carbocycles. The largest absolute Gasteiger partial charge is 0.361 e. The Balaban J connectivity index is 1.61. The third kappa shape index (κ3) is 3.80. The van der Waals surface area contributed by atoms with E-state index < -0.39 is 0 Å². The summed E-state index contributed by atoms with van der Waals surface area (Å²) in [6.07, 6.45) is 1.74. The average Bonchev–Trinajstić information content (AvgIpc) is 3.11. The second kappa shape index (κ2) is 6.84. The summed E-state index contributed by atoms with van der Waals surface area (Å²) >= 11 is 5.86. The van der Waals surface area contributed by atoms with Crippen LogP contribution in [0.3, 0.4) is 0 Å². The van der Waals surface area contributed by atoms with E-state index in [9.17, 15) is 4.79 Å². The summed E-state index contributed by atoms with van der Waals surface area (Å²) < 4.78 is 6.70. The molecule has 8 heteroatoms. The first-order chi connectivity index (χ1) is 11.5. The molecule has 2 aromatic heterocycles. The van der Waals surface area contributed by atoms with Gasteiger partial charge < -0.3 is 4.52 Å². The molecule has 3 aromatic rings. The smallest absolute Gasteiger partial charge is 0.248 e. The van der Waals surface area contributed by atoms with Gasteiger partial charge in [0.05, 0.1) is 18.7 Å². The van der Waals surface area contributed by atoms with Crippen molar-refractivity contribution in [3.8, 4) is 0 Å². The summed E-state index contributed by atoms with van der Waals surface area (Å²) in [4.78, 5) is 16.2. The average molecular weight is 346 g/mol. The molecule has 0 radical (unpaired) electrons. The van der Waals surface area contributed by atoms with Gasteiger partial charge in [0.1, 0.15) is 12.1 Å². The Hall–Kier alpha value is -2.67. The number of aromatic nitrogens is 4. The molecule has 0 unspecified atom stereocenters. The number of carbonyl (C=O) groups excluding carboxylic acids is 1. The van der Waals surface area contributed by atoms with Gasteiger partial charge in [-0.05, 0) is 31.5 Å². The molecule has 0 saturated heterocycles. The van der Waals surface area contributed by atoms with Gasteiger partial charge in [0.2, 0.25) is 11.9 Å². The van der Waals surface area contributed by atoms with Crippen LogP contribution in [0.25, 0.3) is 0 Å². The zero-order chi connectivity index (χ0) is 17.1. The van der Waals surface area contributed by atoms with Crippen LogP contribution in [0.2, 0.25) is 5.02 Å². The summed E-state index contributed by atoms with van der Waals surface area (Å²) in [5.41, 5.74) is 2.54. The number of hydrogen-bond acceptors (Lipinski definition) is 5. The van der Waals surface area contributed by atoms with Gasteiger partial charge in [-0.15, -0.1) is 5.10 Å². The molecule has 0 aliphatic heterocycles. The van der Waals surface area contributed by atoms with Crippen LogP contribution < -0.4 is 5.32 Å². The Morgan fingerprint density at radius 2 is 2.04 bits per heavy atom. The lowest BCUT2D eigenvalue weighted by atomic mass is 10.1. The Kier molecular flexibility index (Phi) is 4.61. The van der Waals surface area contributed by atoms with E-state index >= 15 is 0 Å². The predicted octanol–water partition coefficient (Wildman–Crippen LogP) is 2.77. The van der Waals surface area contributed by atoms with E-state index in [0.29, 0.717) is 23.0 Å². The van der Waals surface area contributed by atoms with Crippen LogP contribution in [0, 0.1) is 13.8 Å². The van der Waals surface area contributed by atoms with Gasteiger partial charge in [-0.25, -0.2) is 9.67 Å². The summed E-state index contributed by atoms with van der Waals surface area (Å²) in [5, 5.41) is 11.4. The standard InChI is InChI=1S/C16H16ClN5O2/c1-10-14(11(2)24-21-10)7-15(23)19-16-18-9-22(20-16)8-12-3-5-13(17)6-4-12/h3-6,9H,7-8H2,1-2H3,(H,19,20,23). The van der Waals surface area contributed by atoms with Gasteiger partial charge >= 0.3 is 0 Å². The van der Waals surface area contributed by atoms with Gasteiger partial charge in [-0.2, -0.15) is 0 Å². The Bertz CT molecular complexity index is 834. The van der Waals surface area contributed by atoms with Crippen molar-refractivity contribution in [3.63, 3.8) is 0 Å². The molecule has 7 nitrogen and oxygen atoms in total.